The fourth-order valence-electron chi connectivity index (χ4n) is 3.64. The Morgan fingerprint density at radius 3 is 2.52 bits per heavy atom. The molecule has 0 N–H and O–H groups in total. The van der Waals surface area contributed by atoms with Gasteiger partial charge in [0.25, 0.3) is 0 Å². The first-order chi connectivity index (χ1) is 14.0. The number of methoxy groups -OCH3 is 1. The van der Waals surface area contributed by atoms with Crippen molar-refractivity contribution in [1.29, 1.82) is 0 Å². The van der Waals surface area contributed by atoms with E-state index in [1.807, 2.05) is 0 Å². The lowest BCUT2D eigenvalue weighted by Gasteiger charge is -2.33. The van der Waals surface area contributed by atoms with Crippen LogP contribution in [0.4, 0.5) is 14.6 Å². The van der Waals surface area contributed by atoms with Crippen molar-refractivity contribution >= 4 is 22.8 Å². The Labute approximate surface area is 168 Å². The summed E-state index contributed by atoms with van der Waals surface area (Å²) in [7, 11) is 3.50. The predicted octanol–water partition coefficient (Wildman–Crippen LogP) is 3.98. The Morgan fingerprint density at radius 1 is 1.07 bits per heavy atom. The van der Waals surface area contributed by atoms with Gasteiger partial charge in [0.05, 0.1) is 12.7 Å². The van der Waals surface area contributed by atoms with E-state index < -0.39 is 11.6 Å². The van der Waals surface area contributed by atoms with E-state index in [0.29, 0.717) is 17.0 Å². The molecule has 0 radical (unpaired) electrons. The molecule has 1 aliphatic rings. The number of piperazine rings is 1. The molecule has 5 nitrogen and oxygen atoms in total. The molecule has 150 valence electrons. The minimum absolute atomic E-state index is 0.0781. The van der Waals surface area contributed by atoms with E-state index in [0.717, 1.165) is 26.2 Å². The van der Waals surface area contributed by atoms with Gasteiger partial charge in [-0.1, -0.05) is 18.7 Å². The van der Waals surface area contributed by atoms with E-state index in [9.17, 15) is 4.39 Å². The van der Waals surface area contributed by atoms with Crippen molar-refractivity contribution in [2.24, 2.45) is 0 Å². The molecule has 4 rings (SSSR count). The number of hydrogen-bond acceptors (Lipinski definition) is 5. The van der Waals surface area contributed by atoms with Crippen molar-refractivity contribution in [3.63, 3.8) is 0 Å². The third-order valence-electron chi connectivity index (χ3n) is 5.25. The Hall–Kier alpha value is -3.06. The first-order valence-corrected chi connectivity index (χ1v) is 9.42. The number of rotatable bonds is 4. The van der Waals surface area contributed by atoms with Gasteiger partial charge in [0, 0.05) is 37.1 Å². The van der Waals surface area contributed by atoms with Crippen molar-refractivity contribution in [1.82, 2.24) is 14.9 Å². The summed E-state index contributed by atoms with van der Waals surface area (Å²) < 4.78 is 35.4. The summed E-state index contributed by atoms with van der Waals surface area (Å²) in [5.74, 6) is 0.110. The lowest BCUT2D eigenvalue weighted by atomic mass is 10.0. The number of fused-ring (bicyclic) bond motifs is 1. The van der Waals surface area contributed by atoms with Crippen LogP contribution < -0.4 is 9.64 Å². The van der Waals surface area contributed by atoms with Gasteiger partial charge in [-0.3, -0.25) is 0 Å². The molecule has 1 aliphatic heterocycles. The van der Waals surface area contributed by atoms with Gasteiger partial charge in [0.1, 0.15) is 22.9 Å². The second kappa shape index (κ2) is 7.75. The molecule has 3 aromatic rings. The number of benzene rings is 2. The third-order valence-corrected chi connectivity index (χ3v) is 5.25. The summed E-state index contributed by atoms with van der Waals surface area (Å²) in [5.41, 5.74) is 0.325. The van der Waals surface area contributed by atoms with E-state index in [2.05, 4.69) is 33.4 Å². The van der Waals surface area contributed by atoms with Crippen LogP contribution in [-0.2, 0) is 0 Å². The monoisotopic (exact) mass is 396 g/mol. The van der Waals surface area contributed by atoms with E-state index in [-0.39, 0.29) is 22.4 Å². The van der Waals surface area contributed by atoms with Crippen molar-refractivity contribution in [3.05, 3.63) is 54.4 Å². The zero-order chi connectivity index (χ0) is 20.5. The van der Waals surface area contributed by atoms with Crippen LogP contribution in [0.5, 0.6) is 5.75 Å². The summed E-state index contributed by atoms with van der Waals surface area (Å²) in [6.07, 6.45) is 1.49. The molecular weight excluding hydrogens is 374 g/mol. The zero-order valence-electron chi connectivity index (χ0n) is 16.5. The van der Waals surface area contributed by atoms with Crippen molar-refractivity contribution < 1.29 is 13.5 Å². The van der Waals surface area contributed by atoms with Gasteiger partial charge < -0.3 is 14.5 Å². The van der Waals surface area contributed by atoms with E-state index in [1.165, 1.54) is 25.3 Å². The fourth-order valence-corrected chi connectivity index (χ4v) is 3.64. The molecule has 0 aliphatic carbocycles. The molecule has 1 aromatic heterocycles. The summed E-state index contributed by atoms with van der Waals surface area (Å²) in [6, 6.07) is 7.73. The van der Waals surface area contributed by atoms with Crippen LogP contribution in [0.15, 0.2) is 36.9 Å². The highest BCUT2D eigenvalue weighted by molar-refractivity contribution is 5.94. The number of likely N-dealkylation sites (N-methyl/N-ethyl adjacent to an activating group) is 1. The van der Waals surface area contributed by atoms with Gasteiger partial charge in [-0.2, -0.15) is 0 Å². The quantitative estimate of drug-likeness (QED) is 0.667. The van der Waals surface area contributed by atoms with Crippen molar-refractivity contribution in [2.45, 2.75) is 0 Å². The first kappa shape index (κ1) is 19.3. The van der Waals surface area contributed by atoms with Crippen LogP contribution in [0.2, 0.25) is 0 Å². The molecule has 0 saturated carbocycles. The molecule has 1 saturated heterocycles. The van der Waals surface area contributed by atoms with Crippen molar-refractivity contribution in [3.8, 4) is 16.9 Å². The lowest BCUT2D eigenvalue weighted by molar-refractivity contribution is 0.312. The average Bonchev–Trinajstić information content (AvgIpc) is 2.74. The van der Waals surface area contributed by atoms with Gasteiger partial charge in [-0.05, 0) is 31.3 Å². The van der Waals surface area contributed by atoms with Gasteiger partial charge in [0.2, 0.25) is 0 Å². The zero-order valence-corrected chi connectivity index (χ0v) is 16.5. The Kier molecular flexibility index (Phi) is 5.15. The fraction of sp³-hybridized carbons (Fsp3) is 0.273. The Morgan fingerprint density at radius 2 is 1.83 bits per heavy atom. The maximum Gasteiger partial charge on any atom is 0.157 e. The lowest BCUT2D eigenvalue weighted by Crippen LogP contribution is -2.45. The molecule has 0 atom stereocenters. The number of anilines is 1. The van der Waals surface area contributed by atoms with E-state index >= 15 is 4.39 Å². The topological polar surface area (TPSA) is 41.5 Å². The van der Waals surface area contributed by atoms with Gasteiger partial charge in [-0.15, -0.1) is 0 Å². The van der Waals surface area contributed by atoms with Gasteiger partial charge >= 0.3 is 0 Å². The Balaban J connectivity index is 1.92. The molecule has 0 amide bonds. The van der Waals surface area contributed by atoms with Crippen LogP contribution in [-0.4, -0.2) is 55.2 Å². The third kappa shape index (κ3) is 3.42. The van der Waals surface area contributed by atoms with Crippen LogP contribution >= 0.6 is 0 Å². The van der Waals surface area contributed by atoms with Crippen LogP contribution in [0, 0.1) is 11.6 Å². The summed E-state index contributed by atoms with van der Waals surface area (Å²) >= 11 is 0. The Bertz CT molecular complexity index is 1080. The highest BCUT2D eigenvalue weighted by Gasteiger charge is 2.23. The van der Waals surface area contributed by atoms with Gasteiger partial charge in [0.15, 0.2) is 11.6 Å². The van der Waals surface area contributed by atoms with E-state index in [4.69, 9.17) is 4.74 Å². The van der Waals surface area contributed by atoms with Crippen LogP contribution in [0.3, 0.4) is 0 Å². The maximum absolute atomic E-state index is 15.6. The number of nitrogens with zero attached hydrogens (tertiary/aromatic N) is 4. The minimum Gasteiger partial charge on any atom is -0.496 e. The summed E-state index contributed by atoms with van der Waals surface area (Å²) in [6.45, 7) is 7.08. The molecule has 2 aromatic carbocycles. The van der Waals surface area contributed by atoms with Crippen LogP contribution in [0.25, 0.3) is 28.1 Å². The van der Waals surface area contributed by atoms with E-state index in [1.54, 1.807) is 18.2 Å². The molecule has 7 heteroatoms. The maximum atomic E-state index is 15.6. The normalized spacial score (nSPS) is 15.0. The molecule has 1 fully saturated rings. The molecule has 0 spiro atoms. The SMILES string of the molecule is C=Cc1nc(N2CCN(C)CC2)c2ccc(-c3c(F)cccc3OC)c(F)c2n1. The predicted molar refractivity (Wildman–Crippen MR) is 111 cm³/mol. The average molecular weight is 396 g/mol. The van der Waals surface area contributed by atoms with Gasteiger partial charge in [-0.25, -0.2) is 18.7 Å². The molecule has 29 heavy (non-hydrogen) atoms. The largest absolute Gasteiger partial charge is 0.496 e. The molecule has 0 unspecified atom stereocenters. The second-order valence-electron chi connectivity index (χ2n) is 7.04. The van der Waals surface area contributed by atoms with Crippen LogP contribution in [0.1, 0.15) is 5.82 Å². The smallest absolute Gasteiger partial charge is 0.157 e. The number of ether oxygens (including phenoxy) is 1. The molecular formula is C22H22F2N4O. The molecule has 2 heterocycles. The first-order valence-electron chi connectivity index (χ1n) is 9.42. The summed E-state index contributed by atoms with van der Waals surface area (Å²) in [5, 5.41) is 0.594. The standard InChI is InChI=1S/C22H22F2N4O/c1-4-18-25-21-15(22(26-18)28-12-10-27(2)11-13-28)9-8-14(20(21)24)19-16(23)6-5-7-17(19)29-3/h4-9H,1,10-13H2,2-3H3. The number of hydrogen-bond donors (Lipinski definition) is 0. The van der Waals surface area contributed by atoms with Crippen molar-refractivity contribution in [2.75, 3.05) is 45.2 Å². The minimum atomic E-state index is -0.605. The second-order valence-corrected chi connectivity index (χ2v) is 7.04. The highest BCUT2D eigenvalue weighted by atomic mass is 19.1. The molecule has 0 bridgehead atoms. The summed E-state index contributed by atoms with van der Waals surface area (Å²) in [4.78, 5) is 13.3. The highest BCUT2D eigenvalue weighted by Crippen LogP contribution is 2.38. The number of aromatic nitrogens is 2. The number of halogens is 2.